The van der Waals surface area contributed by atoms with Crippen LogP contribution < -0.4 is 0 Å². The molecule has 0 aromatic carbocycles. The number of hydrogen-bond acceptors (Lipinski definition) is 0. The van der Waals surface area contributed by atoms with Gasteiger partial charge in [0.05, 0.1) is 0 Å². The van der Waals surface area contributed by atoms with E-state index >= 15 is 0 Å². The Balaban J connectivity index is 2.92. The molecule has 0 aromatic heterocycles. The van der Waals surface area contributed by atoms with Crippen molar-refractivity contribution in [3.63, 3.8) is 0 Å². The van der Waals surface area contributed by atoms with E-state index in [0.29, 0.717) is 0 Å². The van der Waals surface area contributed by atoms with E-state index in [2.05, 4.69) is 12.3 Å². The maximum Gasteiger partial charge on any atom is -0.0126 e. The zero-order chi connectivity index (χ0) is 11.2. The number of allylic oxidation sites excluding steroid dienone is 2. The summed E-state index contributed by atoms with van der Waals surface area (Å²) in [5.74, 6) is 0. The molecule has 0 aliphatic rings. The molecule has 0 spiro atoms. The number of unbranched alkanes of at least 4 members (excludes halogenated alkanes) is 9. The van der Waals surface area contributed by atoms with Crippen molar-refractivity contribution in [2.24, 2.45) is 0 Å². The van der Waals surface area contributed by atoms with Crippen molar-refractivity contribution in [2.45, 2.75) is 64.2 Å². The Bertz CT molecular complexity index is 172. The maximum atomic E-state index is 5.14. The van der Waals surface area contributed by atoms with Crippen LogP contribution in [0.3, 0.4) is 0 Å². The lowest BCUT2D eigenvalue weighted by Gasteiger charge is -2.00. The third kappa shape index (κ3) is 13.3. The Labute approximate surface area is 95.8 Å². The summed E-state index contributed by atoms with van der Waals surface area (Å²) in [5, 5.41) is 0. The highest BCUT2D eigenvalue weighted by Gasteiger charge is 1.91. The van der Waals surface area contributed by atoms with E-state index < -0.39 is 0 Å². The summed E-state index contributed by atoms with van der Waals surface area (Å²) >= 11 is 0. The van der Waals surface area contributed by atoms with E-state index in [0.717, 1.165) is 6.42 Å². The number of hydrogen-bond donors (Lipinski definition) is 0. The minimum absolute atomic E-state index is 1.09. The molecule has 0 aromatic rings. The van der Waals surface area contributed by atoms with Gasteiger partial charge < -0.3 is 0 Å². The Morgan fingerprint density at radius 3 is 1.73 bits per heavy atom. The van der Waals surface area contributed by atoms with Gasteiger partial charge in [-0.25, -0.2) is 0 Å². The summed E-state index contributed by atoms with van der Waals surface area (Å²) in [7, 11) is 0. The standard InChI is InChI=1S/C15H25/c1-3-5-7-9-11-13-15-14-12-10-8-6-4-2/h1,4-5H,2,6-15H2. The van der Waals surface area contributed by atoms with Crippen molar-refractivity contribution in [1.29, 1.82) is 0 Å². The van der Waals surface area contributed by atoms with E-state index in [1.54, 1.807) is 0 Å². The topological polar surface area (TPSA) is 0 Å². The molecule has 0 heteroatoms. The first-order chi connectivity index (χ1) is 7.41. The van der Waals surface area contributed by atoms with Gasteiger partial charge in [0.1, 0.15) is 0 Å². The molecule has 0 fully saturated rings. The van der Waals surface area contributed by atoms with Gasteiger partial charge in [-0.2, -0.15) is 0 Å². The van der Waals surface area contributed by atoms with E-state index in [1.807, 2.05) is 12.2 Å². The molecule has 0 nitrogen and oxygen atoms in total. The lowest BCUT2D eigenvalue weighted by molar-refractivity contribution is 0.571. The molecule has 0 saturated heterocycles. The van der Waals surface area contributed by atoms with Gasteiger partial charge in [-0.05, 0) is 38.3 Å². The summed E-state index contributed by atoms with van der Waals surface area (Å²) in [5.41, 5.74) is 2.57. The first kappa shape index (κ1) is 14.3. The molecule has 0 saturated carbocycles. The predicted molar refractivity (Wildman–Crippen MR) is 68.8 cm³/mol. The maximum absolute atomic E-state index is 5.14. The third-order valence-electron chi connectivity index (χ3n) is 2.62. The largest absolute Gasteiger partial charge is 0.125 e. The molecule has 0 atom stereocenters. The Kier molecular flexibility index (Phi) is 12.6. The minimum atomic E-state index is 1.09. The van der Waals surface area contributed by atoms with Crippen molar-refractivity contribution in [3.05, 3.63) is 31.0 Å². The zero-order valence-electron chi connectivity index (χ0n) is 10.0. The zero-order valence-corrected chi connectivity index (χ0v) is 10.0. The molecule has 0 aliphatic carbocycles. The van der Waals surface area contributed by atoms with Crippen LogP contribution in [0.2, 0.25) is 0 Å². The van der Waals surface area contributed by atoms with Crippen molar-refractivity contribution >= 4 is 0 Å². The van der Waals surface area contributed by atoms with Crippen LogP contribution in [0.4, 0.5) is 0 Å². The molecule has 0 aliphatic heterocycles. The molecule has 0 bridgehead atoms. The fourth-order valence-corrected chi connectivity index (χ4v) is 1.68. The van der Waals surface area contributed by atoms with Crippen LogP contribution in [0.25, 0.3) is 0 Å². The average molecular weight is 205 g/mol. The van der Waals surface area contributed by atoms with E-state index in [4.69, 9.17) is 6.58 Å². The molecule has 1 radical (unpaired) electrons. The van der Waals surface area contributed by atoms with Crippen LogP contribution in [-0.2, 0) is 0 Å². The van der Waals surface area contributed by atoms with Crippen LogP contribution in [0.15, 0.2) is 24.5 Å². The normalized spacial score (nSPS) is 9.60. The lowest BCUT2D eigenvalue weighted by Crippen LogP contribution is -1.80. The Morgan fingerprint density at radius 1 is 0.800 bits per heavy atom. The van der Waals surface area contributed by atoms with Gasteiger partial charge in [0, 0.05) is 0 Å². The first-order valence-electron chi connectivity index (χ1n) is 6.30. The second kappa shape index (κ2) is 13.3. The van der Waals surface area contributed by atoms with E-state index in [9.17, 15) is 0 Å². The van der Waals surface area contributed by atoms with Crippen molar-refractivity contribution < 1.29 is 0 Å². The monoisotopic (exact) mass is 205 g/mol. The van der Waals surface area contributed by atoms with Gasteiger partial charge in [-0.1, -0.05) is 44.6 Å². The van der Waals surface area contributed by atoms with Gasteiger partial charge in [0.25, 0.3) is 0 Å². The molecule has 0 N–H and O–H groups in total. The molecule has 15 heavy (non-hydrogen) atoms. The Hall–Kier alpha value is -0.740. The highest BCUT2D eigenvalue weighted by molar-refractivity contribution is 4.72. The SMILES string of the molecule is [CH]=C=CCCCCCCCCCCC=C. The van der Waals surface area contributed by atoms with E-state index in [-0.39, 0.29) is 0 Å². The van der Waals surface area contributed by atoms with Crippen LogP contribution in [0.1, 0.15) is 64.2 Å². The number of rotatable bonds is 11. The van der Waals surface area contributed by atoms with Gasteiger partial charge in [-0.15, -0.1) is 12.3 Å². The van der Waals surface area contributed by atoms with Crippen LogP contribution in [0, 0.1) is 6.58 Å². The molecular weight excluding hydrogens is 180 g/mol. The predicted octanol–water partition coefficient (Wildman–Crippen LogP) is 5.22. The average Bonchev–Trinajstić information content (AvgIpc) is 2.26. The molecule has 85 valence electrons. The quantitative estimate of drug-likeness (QED) is 0.246. The summed E-state index contributed by atoms with van der Waals surface area (Å²) in [6.07, 6.45) is 17.1. The van der Waals surface area contributed by atoms with Crippen molar-refractivity contribution in [2.75, 3.05) is 0 Å². The summed E-state index contributed by atoms with van der Waals surface area (Å²) in [4.78, 5) is 0. The van der Waals surface area contributed by atoms with Crippen molar-refractivity contribution in [1.82, 2.24) is 0 Å². The Morgan fingerprint density at radius 2 is 1.27 bits per heavy atom. The molecule has 0 amide bonds. The molecular formula is C15H25. The fraction of sp³-hybridized carbons (Fsp3) is 0.667. The molecule has 0 heterocycles. The molecule has 0 rings (SSSR count). The highest BCUT2D eigenvalue weighted by atomic mass is 14.0. The van der Waals surface area contributed by atoms with Crippen LogP contribution in [0.5, 0.6) is 0 Å². The minimum Gasteiger partial charge on any atom is -0.125 e. The second-order valence-corrected chi connectivity index (χ2v) is 4.07. The van der Waals surface area contributed by atoms with Gasteiger partial charge >= 0.3 is 0 Å². The highest BCUT2D eigenvalue weighted by Crippen LogP contribution is 2.10. The van der Waals surface area contributed by atoms with E-state index in [1.165, 1.54) is 57.8 Å². The summed E-state index contributed by atoms with van der Waals surface area (Å²) in [6, 6.07) is 0. The summed E-state index contributed by atoms with van der Waals surface area (Å²) in [6.45, 7) is 8.86. The lowest BCUT2D eigenvalue weighted by atomic mass is 10.1. The first-order valence-corrected chi connectivity index (χ1v) is 6.30. The smallest absolute Gasteiger partial charge is 0.0126 e. The third-order valence-corrected chi connectivity index (χ3v) is 2.62. The fourth-order valence-electron chi connectivity index (χ4n) is 1.68. The second-order valence-electron chi connectivity index (χ2n) is 4.07. The molecule has 0 unspecified atom stereocenters. The summed E-state index contributed by atoms with van der Waals surface area (Å²) < 4.78 is 0. The van der Waals surface area contributed by atoms with Gasteiger partial charge in [-0.3, -0.25) is 0 Å². The van der Waals surface area contributed by atoms with Crippen LogP contribution in [-0.4, -0.2) is 0 Å². The van der Waals surface area contributed by atoms with Crippen LogP contribution >= 0.6 is 0 Å². The van der Waals surface area contributed by atoms with Gasteiger partial charge in [0.2, 0.25) is 0 Å². The van der Waals surface area contributed by atoms with Gasteiger partial charge in [0.15, 0.2) is 0 Å². The van der Waals surface area contributed by atoms with Crippen molar-refractivity contribution in [3.8, 4) is 0 Å².